The summed E-state index contributed by atoms with van der Waals surface area (Å²) in [5, 5.41) is 19.6. The van der Waals surface area contributed by atoms with Crippen LogP contribution in [0.1, 0.15) is 30.6 Å². The van der Waals surface area contributed by atoms with E-state index in [1.165, 1.54) is 5.56 Å². The molecular weight excluding hydrogens is 262 g/mol. The lowest BCUT2D eigenvalue weighted by Crippen LogP contribution is -2.27. The molecule has 1 atom stereocenters. The third-order valence-corrected chi connectivity index (χ3v) is 3.61. The monoisotopic (exact) mass is 285 g/mol. The van der Waals surface area contributed by atoms with Gasteiger partial charge >= 0.3 is 0 Å². The van der Waals surface area contributed by atoms with Crippen LogP contribution in [0.15, 0.2) is 54.6 Å². The van der Waals surface area contributed by atoms with Crippen molar-refractivity contribution in [2.24, 2.45) is 0 Å². The predicted octanol–water partition coefficient (Wildman–Crippen LogP) is 3.13. The maximum atomic E-state index is 10.2. The summed E-state index contributed by atoms with van der Waals surface area (Å²) in [6.07, 6.45) is 0.202. The fourth-order valence-electron chi connectivity index (χ4n) is 2.49. The van der Waals surface area contributed by atoms with E-state index in [4.69, 9.17) is 0 Å². The molecule has 0 saturated heterocycles. The molecule has 0 spiro atoms. The predicted molar refractivity (Wildman–Crippen MR) is 86.3 cm³/mol. The highest BCUT2D eigenvalue weighted by molar-refractivity contribution is 5.55. The van der Waals surface area contributed by atoms with Crippen LogP contribution in [0.3, 0.4) is 0 Å². The third kappa shape index (κ3) is 4.06. The van der Waals surface area contributed by atoms with Crippen molar-refractivity contribution in [1.29, 1.82) is 0 Å². The SMILES string of the molecule is CC[C@@H](O)c1ccccc1N(CCO)Cc1ccccc1. The van der Waals surface area contributed by atoms with Gasteiger partial charge in [-0.3, -0.25) is 0 Å². The Morgan fingerprint density at radius 3 is 2.33 bits per heavy atom. The molecule has 2 aromatic carbocycles. The summed E-state index contributed by atoms with van der Waals surface area (Å²) in [7, 11) is 0. The normalized spacial score (nSPS) is 12.1. The van der Waals surface area contributed by atoms with E-state index >= 15 is 0 Å². The summed E-state index contributed by atoms with van der Waals surface area (Å²) >= 11 is 0. The van der Waals surface area contributed by atoms with E-state index in [1.54, 1.807) is 0 Å². The number of aliphatic hydroxyl groups is 2. The molecule has 0 fully saturated rings. The Labute approximate surface area is 126 Å². The number of hydrogen-bond acceptors (Lipinski definition) is 3. The van der Waals surface area contributed by atoms with Crippen molar-refractivity contribution in [3.05, 3.63) is 65.7 Å². The van der Waals surface area contributed by atoms with Crippen molar-refractivity contribution in [2.45, 2.75) is 26.0 Å². The molecule has 0 radical (unpaired) electrons. The fraction of sp³-hybridized carbons (Fsp3) is 0.333. The molecule has 112 valence electrons. The first-order valence-corrected chi connectivity index (χ1v) is 7.43. The van der Waals surface area contributed by atoms with Gasteiger partial charge in [-0.1, -0.05) is 55.5 Å². The quantitative estimate of drug-likeness (QED) is 0.821. The fourth-order valence-corrected chi connectivity index (χ4v) is 2.49. The highest BCUT2D eigenvalue weighted by Gasteiger charge is 2.15. The molecule has 0 unspecified atom stereocenters. The van der Waals surface area contributed by atoms with E-state index in [1.807, 2.05) is 49.4 Å². The van der Waals surface area contributed by atoms with Crippen LogP contribution in [0, 0.1) is 0 Å². The Morgan fingerprint density at radius 2 is 1.67 bits per heavy atom. The van der Waals surface area contributed by atoms with Crippen LogP contribution in [0.2, 0.25) is 0 Å². The summed E-state index contributed by atoms with van der Waals surface area (Å²) < 4.78 is 0. The van der Waals surface area contributed by atoms with Crippen molar-refractivity contribution in [3.8, 4) is 0 Å². The average Bonchev–Trinajstić information content (AvgIpc) is 2.55. The van der Waals surface area contributed by atoms with Gasteiger partial charge < -0.3 is 15.1 Å². The Hall–Kier alpha value is -1.84. The number of aliphatic hydroxyl groups excluding tert-OH is 2. The third-order valence-electron chi connectivity index (χ3n) is 3.61. The first kappa shape index (κ1) is 15.5. The zero-order valence-electron chi connectivity index (χ0n) is 12.4. The van der Waals surface area contributed by atoms with Gasteiger partial charge in [-0.05, 0) is 18.1 Å². The van der Waals surface area contributed by atoms with Gasteiger partial charge in [0, 0.05) is 24.3 Å². The van der Waals surface area contributed by atoms with E-state index in [2.05, 4.69) is 17.0 Å². The second-order valence-corrected chi connectivity index (χ2v) is 5.11. The van der Waals surface area contributed by atoms with Crippen LogP contribution < -0.4 is 4.90 Å². The van der Waals surface area contributed by atoms with Crippen LogP contribution in [0.4, 0.5) is 5.69 Å². The van der Waals surface area contributed by atoms with Crippen LogP contribution in [-0.2, 0) is 6.54 Å². The van der Waals surface area contributed by atoms with Gasteiger partial charge in [-0.15, -0.1) is 0 Å². The molecule has 0 aliphatic carbocycles. The first-order valence-electron chi connectivity index (χ1n) is 7.43. The van der Waals surface area contributed by atoms with E-state index in [0.29, 0.717) is 13.0 Å². The van der Waals surface area contributed by atoms with Gasteiger partial charge in [0.2, 0.25) is 0 Å². The smallest absolute Gasteiger partial charge is 0.0807 e. The lowest BCUT2D eigenvalue weighted by molar-refractivity contribution is 0.174. The Bertz CT molecular complexity index is 542. The highest BCUT2D eigenvalue weighted by Crippen LogP contribution is 2.29. The molecule has 0 amide bonds. The highest BCUT2D eigenvalue weighted by atomic mass is 16.3. The molecular formula is C18H23NO2. The van der Waals surface area contributed by atoms with Crippen molar-refractivity contribution >= 4 is 5.69 Å². The molecule has 2 aromatic rings. The van der Waals surface area contributed by atoms with Crippen molar-refractivity contribution in [1.82, 2.24) is 0 Å². The maximum Gasteiger partial charge on any atom is 0.0807 e. The van der Waals surface area contributed by atoms with E-state index in [-0.39, 0.29) is 6.61 Å². The summed E-state index contributed by atoms with van der Waals surface area (Å²) in [6, 6.07) is 18.0. The van der Waals surface area contributed by atoms with Gasteiger partial charge in [0.25, 0.3) is 0 Å². The topological polar surface area (TPSA) is 43.7 Å². The second-order valence-electron chi connectivity index (χ2n) is 5.11. The Morgan fingerprint density at radius 1 is 1.00 bits per heavy atom. The molecule has 0 saturated carbocycles. The average molecular weight is 285 g/mol. The summed E-state index contributed by atoms with van der Waals surface area (Å²) in [5.74, 6) is 0. The summed E-state index contributed by atoms with van der Waals surface area (Å²) in [5.41, 5.74) is 3.10. The molecule has 0 bridgehead atoms. The molecule has 0 aliphatic rings. The zero-order valence-corrected chi connectivity index (χ0v) is 12.4. The van der Waals surface area contributed by atoms with Gasteiger partial charge in [-0.2, -0.15) is 0 Å². The van der Waals surface area contributed by atoms with Crippen LogP contribution in [0.5, 0.6) is 0 Å². The van der Waals surface area contributed by atoms with Gasteiger partial charge in [0.05, 0.1) is 12.7 Å². The minimum absolute atomic E-state index is 0.0867. The molecule has 2 rings (SSSR count). The van der Waals surface area contributed by atoms with E-state index in [9.17, 15) is 10.2 Å². The summed E-state index contributed by atoms with van der Waals surface area (Å²) in [6.45, 7) is 3.32. The van der Waals surface area contributed by atoms with E-state index in [0.717, 1.165) is 17.8 Å². The molecule has 21 heavy (non-hydrogen) atoms. The molecule has 0 aliphatic heterocycles. The first-order chi connectivity index (χ1) is 10.3. The molecule has 3 heteroatoms. The number of rotatable bonds is 7. The Balaban J connectivity index is 2.30. The van der Waals surface area contributed by atoms with Crippen LogP contribution in [-0.4, -0.2) is 23.4 Å². The van der Waals surface area contributed by atoms with Crippen LogP contribution in [0.25, 0.3) is 0 Å². The van der Waals surface area contributed by atoms with Crippen molar-refractivity contribution < 1.29 is 10.2 Å². The Kier molecular flexibility index (Phi) is 5.78. The lowest BCUT2D eigenvalue weighted by Gasteiger charge is -2.28. The number of para-hydroxylation sites is 1. The number of hydrogen-bond donors (Lipinski definition) is 2. The van der Waals surface area contributed by atoms with Gasteiger partial charge in [0.15, 0.2) is 0 Å². The largest absolute Gasteiger partial charge is 0.395 e. The standard InChI is InChI=1S/C18H23NO2/c1-2-18(21)16-10-6-7-11-17(16)19(12-13-20)14-15-8-4-3-5-9-15/h3-11,18,20-21H,2,12-14H2,1H3/t18-/m1/s1. The molecule has 3 nitrogen and oxygen atoms in total. The van der Waals surface area contributed by atoms with Gasteiger partial charge in [0.1, 0.15) is 0 Å². The molecule has 2 N–H and O–H groups in total. The second kappa shape index (κ2) is 7.81. The number of benzene rings is 2. The summed E-state index contributed by atoms with van der Waals surface area (Å²) in [4.78, 5) is 2.11. The zero-order chi connectivity index (χ0) is 15.1. The minimum Gasteiger partial charge on any atom is -0.395 e. The lowest BCUT2D eigenvalue weighted by atomic mass is 10.0. The van der Waals surface area contributed by atoms with Gasteiger partial charge in [-0.25, -0.2) is 0 Å². The van der Waals surface area contributed by atoms with Crippen molar-refractivity contribution in [2.75, 3.05) is 18.1 Å². The maximum absolute atomic E-state index is 10.2. The molecule has 0 aromatic heterocycles. The van der Waals surface area contributed by atoms with Crippen LogP contribution >= 0.6 is 0 Å². The van der Waals surface area contributed by atoms with Crippen molar-refractivity contribution in [3.63, 3.8) is 0 Å². The number of nitrogens with zero attached hydrogens (tertiary/aromatic N) is 1. The molecule has 0 heterocycles. The minimum atomic E-state index is -0.474. The van der Waals surface area contributed by atoms with E-state index < -0.39 is 6.10 Å². The number of anilines is 1.